The minimum atomic E-state index is -3.88. The third-order valence-electron chi connectivity index (χ3n) is 2.65. The average molecular weight is 337 g/mol. The van der Waals surface area contributed by atoms with Crippen LogP contribution in [0.2, 0.25) is 5.02 Å². The molecule has 0 saturated heterocycles. The SMILES string of the molecule is CCOC(C)(C)CNS(=O)(=O)c1ccc(Cl)c([N+](=O)[O-])c1. The Morgan fingerprint density at radius 1 is 1.43 bits per heavy atom. The van der Waals surface area contributed by atoms with E-state index < -0.39 is 26.2 Å². The minimum absolute atomic E-state index is 0.0413. The van der Waals surface area contributed by atoms with E-state index in [1.807, 2.05) is 0 Å². The van der Waals surface area contributed by atoms with Gasteiger partial charge in [-0.05, 0) is 32.9 Å². The fourth-order valence-electron chi connectivity index (χ4n) is 1.59. The first-order valence-electron chi connectivity index (χ1n) is 6.16. The Bertz CT molecular complexity index is 631. The van der Waals surface area contributed by atoms with Gasteiger partial charge in [-0.3, -0.25) is 10.1 Å². The van der Waals surface area contributed by atoms with Crippen LogP contribution in [0.15, 0.2) is 23.1 Å². The molecule has 1 rings (SSSR count). The van der Waals surface area contributed by atoms with Crippen LogP contribution in [-0.4, -0.2) is 32.1 Å². The van der Waals surface area contributed by atoms with Gasteiger partial charge in [0, 0.05) is 19.2 Å². The largest absolute Gasteiger partial charge is 0.375 e. The van der Waals surface area contributed by atoms with Gasteiger partial charge >= 0.3 is 0 Å². The Labute approximate surface area is 128 Å². The molecule has 0 atom stereocenters. The van der Waals surface area contributed by atoms with E-state index in [0.717, 1.165) is 6.07 Å². The highest BCUT2D eigenvalue weighted by Gasteiger charge is 2.24. The number of sulfonamides is 1. The van der Waals surface area contributed by atoms with E-state index in [1.165, 1.54) is 12.1 Å². The molecule has 0 unspecified atom stereocenters. The number of hydrogen-bond donors (Lipinski definition) is 1. The lowest BCUT2D eigenvalue weighted by molar-refractivity contribution is -0.384. The number of nitro benzene ring substituents is 1. The molecule has 0 saturated carbocycles. The summed E-state index contributed by atoms with van der Waals surface area (Å²) in [6.07, 6.45) is 0. The molecule has 0 aliphatic carbocycles. The first-order valence-corrected chi connectivity index (χ1v) is 8.03. The zero-order chi connectivity index (χ0) is 16.3. The van der Waals surface area contributed by atoms with Gasteiger partial charge in [-0.2, -0.15) is 0 Å². The molecule has 118 valence electrons. The second-order valence-corrected chi connectivity index (χ2v) is 7.06. The Kier molecular flexibility index (Phi) is 5.68. The Morgan fingerprint density at radius 3 is 2.57 bits per heavy atom. The first kappa shape index (κ1) is 17.8. The predicted molar refractivity (Wildman–Crippen MR) is 79.0 cm³/mol. The van der Waals surface area contributed by atoms with E-state index in [1.54, 1.807) is 20.8 Å². The van der Waals surface area contributed by atoms with E-state index in [0.29, 0.717) is 6.61 Å². The maximum Gasteiger partial charge on any atom is 0.289 e. The standard InChI is InChI=1S/C12H17ClN2O5S/c1-4-20-12(2,3)8-14-21(18,19)9-5-6-10(13)11(7-9)15(16)17/h5-7,14H,4,8H2,1-3H3. The highest BCUT2D eigenvalue weighted by molar-refractivity contribution is 7.89. The summed E-state index contributed by atoms with van der Waals surface area (Å²) in [4.78, 5) is 9.84. The number of nitrogens with zero attached hydrogens (tertiary/aromatic N) is 1. The topological polar surface area (TPSA) is 98.5 Å². The predicted octanol–water partition coefficient (Wildman–Crippen LogP) is 2.34. The lowest BCUT2D eigenvalue weighted by Crippen LogP contribution is -2.40. The lowest BCUT2D eigenvalue weighted by Gasteiger charge is -2.24. The molecule has 0 bridgehead atoms. The van der Waals surface area contributed by atoms with Crippen LogP contribution in [0.3, 0.4) is 0 Å². The Balaban J connectivity index is 2.99. The van der Waals surface area contributed by atoms with Gasteiger partial charge in [-0.1, -0.05) is 11.6 Å². The van der Waals surface area contributed by atoms with Gasteiger partial charge in [0.1, 0.15) is 5.02 Å². The summed E-state index contributed by atoms with van der Waals surface area (Å²) in [6, 6.07) is 3.33. The van der Waals surface area contributed by atoms with Gasteiger partial charge < -0.3 is 4.74 Å². The number of nitro groups is 1. The summed E-state index contributed by atoms with van der Waals surface area (Å²) in [5.41, 5.74) is -1.14. The van der Waals surface area contributed by atoms with Crippen LogP contribution in [0.1, 0.15) is 20.8 Å². The van der Waals surface area contributed by atoms with Crippen molar-refractivity contribution in [2.75, 3.05) is 13.2 Å². The molecule has 0 radical (unpaired) electrons. The summed E-state index contributed by atoms with van der Waals surface area (Å²) in [6.45, 7) is 5.77. The third-order valence-corrected chi connectivity index (χ3v) is 4.37. The second kappa shape index (κ2) is 6.69. The smallest absolute Gasteiger partial charge is 0.289 e. The van der Waals surface area contributed by atoms with Crippen LogP contribution in [0, 0.1) is 10.1 Å². The van der Waals surface area contributed by atoms with Gasteiger partial charge in [0.05, 0.1) is 15.4 Å². The zero-order valence-electron chi connectivity index (χ0n) is 11.9. The lowest BCUT2D eigenvalue weighted by atomic mass is 10.1. The molecule has 0 aliphatic rings. The molecule has 1 N–H and O–H groups in total. The number of hydrogen-bond acceptors (Lipinski definition) is 5. The molecule has 1 aromatic rings. The van der Waals surface area contributed by atoms with Crippen molar-refractivity contribution in [2.24, 2.45) is 0 Å². The molecule has 0 amide bonds. The van der Waals surface area contributed by atoms with Crippen molar-refractivity contribution in [1.82, 2.24) is 4.72 Å². The van der Waals surface area contributed by atoms with Crippen molar-refractivity contribution in [2.45, 2.75) is 31.3 Å². The maximum absolute atomic E-state index is 12.1. The maximum atomic E-state index is 12.1. The molecular formula is C12H17ClN2O5S. The molecule has 0 heterocycles. The number of rotatable bonds is 7. The van der Waals surface area contributed by atoms with Crippen molar-refractivity contribution >= 4 is 27.3 Å². The van der Waals surface area contributed by atoms with Gasteiger partial charge in [0.15, 0.2) is 0 Å². The Hall–Kier alpha value is -1.22. The van der Waals surface area contributed by atoms with Crippen molar-refractivity contribution in [3.8, 4) is 0 Å². The molecule has 9 heteroatoms. The van der Waals surface area contributed by atoms with Crippen molar-refractivity contribution in [1.29, 1.82) is 0 Å². The van der Waals surface area contributed by atoms with Gasteiger partial charge in [-0.15, -0.1) is 0 Å². The van der Waals surface area contributed by atoms with Crippen LogP contribution >= 0.6 is 11.6 Å². The number of nitrogens with one attached hydrogen (secondary N) is 1. The van der Waals surface area contributed by atoms with Gasteiger partial charge in [-0.25, -0.2) is 13.1 Å². The third kappa shape index (κ3) is 4.92. The summed E-state index contributed by atoms with van der Waals surface area (Å²) in [5.74, 6) is 0. The molecule has 0 spiro atoms. The Morgan fingerprint density at radius 2 is 2.05 bits per heavy atom. The molecule has 0 fully saturated rings. The number of benzene rings is 1. The summed E-state index contributed by atoms with van der Waals surface area (Å²) >= 11 is 5.66. The summed E-state index contributed by atoms with van der Waals surface area (Å²) < 4.78 is 32.0. The molecule has 21 heavy (non-hydrogen) atoms. The van der Waals surface area contributed by atoms with E-state index >= 15 is 0 Å². The minimum Gasteiger partial charge on any atom is -0.375 e. The highest BCUT2D eigenvalue weighted by Crippen LogP contribution is 2.27. The van der Waals surface area contributed by atoms with Crippen LogP contribution in [-0.2, 0) is 14.8 Å². The normalized spacial score (nSPS) is 12.4. The van der Waals surface area contributed by atoms with Crippen LogP contribution < -0.4 is 4.72 Å². The van der Waals surface area contributed by atoms with Crippen LogP contribution in [0.25, 0.3) is 0 Å². The molecule has 7 nitrogen and oxygen atoms in total. The summed E-state index contributed by atoms with van der Waals surface area (Å²) in [5, 5.41) is 10.7. The van der Waals surface area contributed by atoms with Crippen molar-refractivity contribution in [3.05, 3.63) is 33.3 Å². The molecular weight excluding hydrogens is 320 g/mol. The number of ether oxygens (including phenoxy) is 1. The van der Waals surface area contributed by atoms with E-state index in [2.05, 4.69) is 4.72 Å². The molecule has 1 aromatic carbocycles. The van der Waals surface area contributed by atoms with E-state index in [-0.39, 0.29) is 16.5 Å². The zero-order valence-corrected chi connectivity index (χ0v) is 13.5. The first-order chi connectivity index (χ1) is 9.59. The number of halogens is 1. The van der Waals surface area contributed by atoms with Crippen LogP contribution in [0.4, 0.5) is 5.69 Å². The van der Waals surface area contributed by atoms with Gasteiger partial charge in [0.25, 0.3) is 5.69 Å². The van der Waals surface area contributed by atoms with E-state index in [9.17, 15) is 18.5 Å². The average Bonchev–Trinajstić information content (AvgIpc) is 2.36. The van der Waals surface area contributed by atoms with Crippen molar-refractivity contribution in [3.63, 3.8) is 0 Å². The monoisotopic (exact) mass is 336 g/mol. The molecule has 0 aliphatic heterocycles. The second-order valence-electron chi connectivity index (χ2n) is 4.89. The van der Waals surface area contributed by atoms with Crippen LogP contribution in [0.5, 0.6) is 0 Å². The van der Waals surface area contributed by atoms with Crippen molar-refractivity contribution < 1.29 is 18.1 Å². The van der Waals surface area contributed by atoms with Gasteiger partial charge in [0.2, 0.25) is 10.0 Å². The summed E-state index contributed by atoms with van der Waals surface area (Å²) in [7, 11) is -3.88. The quantitative estimate of drug-likeness (QED) is 0.608. The van der Waals surface area contributed by atoms with E-state index in [4.69, 9.17) is 16.3 Å². The highest BCUT2D eigenvalue weighted by atomic mass is 35.5. The fourth-order valence-corrected chi connectivity index (χ4v) is 3.00. The fraction of sp³-hybridized carbons (Fsp3) is 0.500. The molecule has 0 aromatic heterocycles.